The molecular weight excluding hydrogens is 250 g/mol. The van der Waals surface area contributed by atoms with E-state index < -0.39 is 0 Å². The molecule has 3 rings (SSSR count). The molecule has 0 amide bonds. The predicted molar refractivity (Wildman–Crippen MR) is 88.3 cm³/mol. The minimum Gasteiger partial charge on any atom is -0.398 e. The Kier molecular flexibility index (Phi) is 2.34. The van der Waals surface area contributed by atoms with Gasteiger partial charge in [0.05, 0.1) is 11.4 Å². The summed E-state index contributed by atoms with van der Waals surface area (Å²) >= 11 is 0. The number of anilines is 5. The van der Waals surface area contributed by atoms with Crippen LogP contribution in [0.4, 0.5) is 28.4 Å². The van der Waals surface area contributed by atoms with Gasteiger partial charge in [0.15, 0.2) is 0 Å². The second-order valence-corrected chi connectivity index (χ2v) is 5.11. The molecule has 0 atom stereocenters. The number of nitrogen functional groups attached to an aromatic ring is 5. The Labute approximate surface area is 116 Å². The van der Waals surface area contributed by atoms with E-state index in [9.17, 15) is 0 Å². The van der Waals surface area contributed by atoms with Crippen LogP contribution in [0.2, 0.25) is 0 Å². The van der Waals surface area contributed by atoms with Gasteiger partial charge >= 0.3 is 0 Å². The lowest BCUT2D eigenvalue weighted by Gasteiger charge is -2.14. The maximum absolute atomic E-state index is 6.27. The zero-order valence-corrected chi connectivity index (χ0v) is 11.2. The first-order chi connectivity index (χ1) is 9.40. The van der Waals surface area contributed by atoms with Gasteiger partial charge in [-0.05, 0) is 36.8 Å². The highest BCUT2D eigenvalue weighted by molar-refractivity contribution is 6.20. The SMILES string of the molecule is Cc1cc2c(N)c3cc(N)c(N)cc3c(N)c2cc1N. The van der Waals surface area contributed by atoms with Crippen LogP contribution in [-0.2, 0) is 0 Å². The normalized spacial score (nSPS) is 11.2. The van der Waals surface area contributed by atoms with Crippen LogP contribution in [-0.4, -0.2) is 0 Å². The number of rotatable bonds is 0. The van der Waals surface area contributed by atoms with Crippen LogP contribution < -0.4 is 28.7 Å². The minimum atomic E-state index is 0.489. The highest BCUT2D eigenvalue weighted by Gasteiger charge is 2.13. The summed E-state index contributed by atoms with van der Waals surface area (Å²) in [6, 6.07) is 7.32. The molecule has 5 nitrogen and oxygen atoms in total. The molecule has 10 N–H and O–H groups in total. The molecule has 3 aromatic carbocycles. The summed E-state index contributed by atoms with van der Waals surface area (Å²) in [6.45, 7) is 1.94. The molecule has 0 heterocycles. The molecule has 0 saturated heterocycles. The van der Waals surface area contributed by atoms with E-state index in [1.165, 1.54) is 0 Å². The van der Waals surface area contributed by atoms with Crippen molar-refractivity contribution in [1.82, 2.24) is 0 Å². The minimum absolute atomic E-state index is 0.489. The van der Waals surface area contributed by atoms with Gasteiger partial charge in [-0.15, -0.1) is 0 Å². The Balaban J connectivity index is 2.60. The first kappa shape index (κ1) is 12.2. The third kappa shape index (κ3) is 1.50. The third-order valence-corrected chi connectivity index (χ3v) is 3.79. The topological polar surface area (TPSA) is 130 Å². The molecular formula is C15H17N5. The van der Waals surface area contributed by atoms with Gasteiger partial charge in [-0.1, -0.05) is 0 Å². The zero-order chi connectivity index (χ0) is 14.6. The summed E-state index contributed by atoms with van der Waals surface area (Å²) in [5.74, 6) is 0. The van der Waals surface area contributed by atoms with Gasteiger partial charge in [-0.25, -0.2) is 0 Å². The van der Waals surface area contributed by atoms with E-state index in [-0.39, 0.29) is 0 Å². The molecule has 0 radical (unpaired) electrons. The Morgan fingerprint density at radius 2 is 0.900 bits per heavy atom. The highest BCUT2D eigenvalue weighted by Crippen LogP contribution is 2.40. The first-order valence-electron chi connectivity index (χ1n) is 6.25. The summed E-state index contributed by atoms with van der Waals surface area (Å²) in [6.07, 6.45) is 0. The second-order valence-electron chi connectivity index (χ2n) is 5.11. The molecule has 0 aliphatic rings. The van der Waals surface area contributed by atoms with Gasteiger partial charge in [0.2, 0.25) is 0 Å². The van der Waals surface area contributed by atoms with E-state index >= 15 is 0 Å². The molecule has 0 spiro atoms. The molecule has 0 aromatic heterocycles. The van der Waals surface area contributed by atoms with Crippen LogP contribution in [0.1, 0.15) is 5.56 Å². The molecule has 20 heavy (non-hydrogen) atoms. The molecule has 0 aliphatic heterocycles. The number of hydrogen-bond donors (Lipinski definition) is 5. The van der Waals surface area contributed by atoms with Crippen LogP contribution in [0.5, 0.6) is 0 Å². The highest BCUT2D eigenvalue weighted by atomic mass is 14.7. The third-order valence-electron chi connectivity index (χ3n) is 3.79. The van der Waals surface area contributed by atoms with Crippen molar-refractivity contribution in [1.29, 1.82) is 0 Å². The van der Waals surface area contributed by atoms with E-state index in [1.54, 1.807) is 12.1 Å². The Bertz CT molecular complexity index is 727. The average Bonchev–Trinajstić information content (AvgIpc) is 2.41. The maximum atomic E-state index is 6.27. The van der Waals surface area contributed by atoms with Gasteiger partial charge in [0, 0.05) is 38.6 Å². The molecule has 102 valence electrons. The second kappa shape index (κ2) is 3.84. The standard InChI is InChI=1S/C15H17N5/c1-6-2-7-8(3-11(6)16)15(20)10-5-13(18)12(17)4-9(10)14(7)19/h2-5H,16-20H2,1H3. The van der Waals surface area contributed by atoms with Crippen molar-refractivity contribution in [2.75, 3.05) is 28.7 Å². The monoisotopic (exact) mass is 267 g/mol. The Morgan fingerprint density at radius 1 is 0.550 bits per heavy atom. The molecule has 3 aromatic rings. The van der Waals surface area contributed by atoms with Crippen LogP contribution in [0.25, 0.3) is 21.5 Å². The van der Waals surface area contributed by atoms with Crippen LogP contribution >= 0.6 is 0 Å². The summed E-state index contributed by atoms with van der Waals surface area (Å²) in [5.41, 5.74) is 34.1. The van der Waals surface area contributed by atoms with Crippen LogP contribution in [0.3, 0.4) is 0 Å². The van der Waals surface area contributed by atoms with Gasteiger partial charge in [-0.3, -0.25) is 0 Å². The van der Waals surface area contributed by atoms with Gasteiger partial charge in [-0.2, -0.15) is 0 Å². The molecule has 0 fully saturated rings. The fourth-order valence-corrected chi connectivity index (χ4v) is 2.54. The average molecular weight is 267 g/mol. The molecule has 5 heteroatoms. The van der Waals surface area contributed by atoms with E-state index in [1.807, 2.05) is 19.1 Å². The molecule has 0 unspecified atom stereocenters. The van der Waals surface area contributed by atoms with Gasteiger partial charge < -0.3 is 28.7 Å². The largest absolute Gasteiger partial charge is 0.398 e. The van der Waals surface area contributed by atoms with E-state index in [0.29, 0.717) is 28.4 Å². The molecule has 0 bridgehead atoms. The number of nitrogens with two attached hydrogens (primary N) is 5. The van der Waals surface area contributed by atoms with Crippen molar-refractivity contribution in [2.45, 2.75) is 6.92 Å². The van der Waals surface area contributed by atoms with Crippen molar-refractivity contribution < 1.29 is 0 Å². The van der Waals surface area contributed by atoms with Crippen LogP contribution in [0, 0.1) is 6.92 Å². The number of aryl methyl sites for hydroxylation is 1. The zero-order valence-electron chi connectivity index (χ0n) is 11.2. The summed E-state index contributed by atoms with van der Waals surface area (Å²) in [4.78, 5) is 0. The quantitative estimate of drug-likeness (QED) is 0.242. The lowest BCUT2D eigenvalue weighted by molar-refractivity contribution is 1.50. The molecule has 0 aliphatic carbocycles. The van der Waals surface area contributed by atoms with Gasteiger partial charge in [0.25, 0.3) is 0 Å². The van der Waals surface area contributed by atoms with Crippen molar-refractivity contribution in [3.63, 3.8) is 0 Å². The lowest BCUT2D eigenvalue weighted by Crippen LogP contribution is -2.01. The maximum Gasteiger partial charge on any atom is 0.0555 e. The number of hydrogen-bond acceptors (Lipinski definition) is 5. The van der Waals surface area contributed by atoms with Crippen molar-refractivity contribution in [2.24, 2.45) is 0 Å². The predicted octanol–water partition coefficient (Wildman–Crippen LogP) is 2.21. The van der Waals surface area contributed by atoms with Crippen LogP contribution in [0.15, 0.2) is 24.3 Å². The smallest absolute Gasteiger partial charge is 0.0555 e. The van der Waals surface area contributed by atoms with E-state index in [4.69, 9.17) is 28.7 Å². The fourth-order valence-electron chi connectivity index (χ4n) is 2.54. The van der Waals surface area contributed by atoms with E-state index in [2.05, 4.69) is 0 Å². The lowest BCUT2D eigenvalue weighted by atomic mass is 9.96. The Morgan fingerprint density at radius 3 is 1.35 bits per heavy atom. The summed E-state index contributed by atoms with van der Waals surface area (Å²) < 4.78 is 0. The summed E-state index contributed by atoms with van der Waals surface area (Å²) in [5, 5.41) is 3.32. The molecule has 0 saturated carbocycles. The fraction of sp³-hybridized carbons (Fsp3) is 0.0667. The van der Waals surface area contributed by atoms with Crippen molar-refractivity contribution in [3.8, 4) is 0 Å². The number of fused-ring (bicyclic) bond motifs is 2. The van der Waals surface area contributed by atoms with Crippen molar-refractivity contribution >= 4 is 50.0 Å². The van der Waals surface area contributed by atoms with Crippen molar-refractivity contribution in [3.05, 3.63) is 29.8 Å². The Hall–Kier alpha value is -2.82. The summed E-state index contributed by atoms with van der Waals surface area (Å²) in [7, 11) is 0. The first-order valence-corrected chi connectivity index (χ1v) is 6.25. The van der Waals surface area contributed by atoms with E-state index in [0.717, 1.165) is 27.1 Å². The van der Waals surface area contributed by atoms with Gasteiger partial charge in [0.1, 0.15) is 0 Å². The number of benzene rings is 3.